The molecule has 0 fully saturated rings. The molecular weight excluding hydrogens is 621 g/mol. The summed E-state index contributed by atoms with van der Waals surface area (Å²) in [5.41, 5.74) is 11.1. The molecule has 0 radical (unpaired) electrons. The van der Waals surface area contributed by atoms with Gasteiger partial charge in [-0.05, 0) is 43.5 Å². The van der Waals surface area contributed by atoms with E-state index in [0.29, 0.717) is 53.1 Å². The normalized spacial score (nSPS) is 12.6. The largest absolute Gasteiger partial charge is 0.490 e. The average Bonchev–Trinajstić information content (AvgIpc) is 3.27. The minimum absolute atomic E-state index is 0.0676. The van der Waals surface area contributed by atoms with Gasteiger partial charge in [0.25, 0.3) is 10.0 Å². The van der Waals surface area contributed by atoms with E-state index in [4.69, 9.17) is 41.5 Å². The lowest BCUT2D eigenvalue weighted by molar-refractivity contribution is 0.264. The summed E-state index contributed by atoms with van der Waals surface area (Å²) in [5, 5.41) is 29.2. The average molecular weight is 654 g/mol. The predicted molar refractivity (Wildman–Crippen MR) is 161 cm³/mol. The number of nitrogens with two attached hydrogens (primary N) is 2. The van der Waals surface area contributed by atoms with E-state index in [1.54, 1.807) is 19.1 Å². The Bertz CT molecular complexity index is 1660. The van der Waals surface area contributed by atoms with E-state index >= 15 is 0 Å². The van der Waals surface area contributed by atoms with Crippen LogP contribution in [0.2, 0.25) is 0 Å². The molecule has 0 aliphatic carbocycles. The van der Waals surface area contributed by atoms with Crippen LogP contribution in [0.3, 0.4) is 0 Å². The lowest BCUT2D eigenvalue weighted by atomic mass is 10.2. The van der Waals surface area contributed by atoms with Gasteiger partial charge >= 0.3 is 7.60 Å². The minimum Gasteiger partial charge on any atom is -0.490 e. The minimum atomic E-state index is -4.47. The number of thiophene rings is 1. The molecule has 0 amide bonds. The van der Waals surface area contributed by atoms with Gasteiger partial charge in [-0.2, -0.15) is 9.98 Å². The topological polar surface area (TPSA) is 272 Å². The number of aromatic nitrogens is 1. The Hall–Kier alpha value is -4.14. The quantitative estimate of drug-likeness (QED) is 0.0471. The van der Waals surface area contributed by atoms with Crippen molar-refractivity contribution in [3.8, 4) is 23.3 Å². The van der Waals surface area contributed by atoms with Crippen molar-refractivity contribution in [1.29, 1.82) is 16.1 Å². The smallest absolute Gasteiger partial charge is 0.391 e. The first kappa shape index (κ1) is 33.4. The van der Waals surface area contributed by atoms with Crippen LogP contribution in [0.1, 0.15) is 24.1 Å². The number of guanidine groups is 2. The number of nitrogens with zero attached hydrogens (tertiary/aromatic N) is 2. The van der Waals surface area contributed by atoms with Gasteiger partial charge < -0.3 is 41.0 Å². The lowest BCUT2D eigenvalue weighted by Gasteiger charge is -2.14. The van der Waals surface area contributed by atoms with Gasteiger partial charge in [-0.3, -0.25) is 10.8 Å². The van der Waals surface area contributed by atoms with Crippen molar-refractivity contribution in [2.24, 2.45) is 11.5 Å². The molecule has 2 heterocycles. The summed E-state index contributed by atoms with van der Waals surface area (Å²) in [6.45, 7) is 2.95. The Kier molecular flexibility index (Phi) is 11.5. The summed E-state index contributed by atoms with van der Waals surface area (Å²) >= 11 is 0.952. The number of rotatable bonds is 16. The second-order valence-corrected chi connectivity index (χ2v) is 13.7. The van der Waals surface area contributed by atoms with Crippen LogP contribution in [0.25, 0.3) is 10.1 Å². The Labute approximate surface area is 251 Å². The van der Waals surface area contributed by atoms with Gasteiger partial charge in [0.2, 0.25) is 0 Å². The zero-order valence-electron chi connectivity index (χ0n) is 23.0. The molecule has 0 spiro atoms. The molecule has 1 aromatic carbocycles. The van der Waals surface area contributed by atoms with Crippen LogP contribution in [-0.2, 0) is 14.6 Å². The third kappa shape index (κ3) is 9.98. The van der Waals surface area contributed by atoms with Crippen molar-refractivity contribution in [3.05, 3.63) is 41.7 Å². The maximum Gasteiger partial charge on any atom is 0.391 e. The number of aryl methyl sites for hydroxylation is 1. The molecule has 19 heteroatoms. The fraction of sp³-hybridized carbons (Fsp3) is 0.333. The van der Waals surface area contributed by atoms with E-state index in [9.17, 15) is 17.9 Å². The summed E-state index contributed by atoms with van der Waals surface area (Å²) < 4.78 is 58.5. The van der Waals surface area contributed by atoms with Crippen LogP contribution >= 0.6 is 18.9 Å². The molecule has 3 aromatic rings. The summed E-state index contributed by atoms with van der Waals surface area (Å²) in [6, 6.07) is 7.70. The molecule has 0 bridgehead atoms. The van der Waals surface area contributed by atoms with Crippen LogP contribution < -0.4 is 40.8 Å². The Balaban J connectivity index is 1.79. The molecule has 0 aliphatic heterocycles. The second kappa shape index (κ2) is 14.8. The fourth-order valence-corrected chi connectivity index (χ4v) is 7.89. The van der Waals surface area contributed by atoms with Gasteiger partial charge in [0.15, 0.2) is 23.4 Å². The molecule has 232 valence electrons. The highest BCUT2D eigenvalue weighted by atomic mass is 32.2. The van der Waals surface area contributed by atoms with Crippen LogP contribution in [0.5, 0.6) is 17.2 Å². The molecule has 10 N–H and O–H groups in total. The molecule has 0 saturated carbocycles. The number of nitriles is 1. The van der Waals surface area contributed by atoms with Gasteiger partial charge in [-0.25, -0.2) is 18.0 Å². The zero-order chi connectivity index (χ0) is 31.6. The number of benzene rings is 1. The molecular formula is C24H32N9O7PS2. The fourth-order valence-electron chi connectivity index (χ4n) is 3.57. The molecule has 0 saturated heterocycles. The van der Waals surface area contributed by atoms with Crippen LogP contribution in [0, 0.1) is 29.1 Å². The van der Waals surface area contributed by atoms with E-state index in [0.717, 1.165) is 17.5 Å². The van der Waals surface area contributed by atoms with Crippen molar-refractivity contribution in [2.75, 3.05) is 32.6 Å². The van der Waals surface area contributed by atoms with Crippen molar-refractivity contribution in [3.63, 3.8) is 0 Å². The van der Waals surface area contributed by atoms with Gasteiger partial charge in [0, 0.05) is 29.2 Å². The van der Waals surface area contributed by atoms with E-state index in [2.05, 4.69) is 20.3 Å². The third-order valence-corrected chi connectivity index (χ3v) is 10.1. The summed E-state index contributed by atoms with van der Waals surface area (Å²) in [6.07, 6.45) is 1.22. The number of sulfonamides is 1. The first-order valence-electron chi connectivity index (χ1n) is 12.7. The Morgan fingerprint density at radius 3 is 2.26 bits per heavy atom. The van der Waals surface area contributed by atoms with E-state index in [-0.39, 0.29) is 40.8 Å². The van der Waals surface area contributed by atoms with Crippen LogP contribution in [-0.4, -0.2) is 62.8 Å². The summed E-state index contributed by atoms with van der Waals surface area (Å²) in [7, 11) is -8.71. The maximum absolute atomic E-state index is 13.2. The highest BCUT2D eigenvalue weighted by Gasteiger charge is 2.29. The number of pyridine rings is 1. The molecule has 3 rings (SSSR count). The number of fused-ring (bicyclic) bond motifs is 1. The standard InChI is InChI=1S/C24H32N9O7PS2/c1-15-18-10-19(38-8-2-6-30-23(26)27)20(39-9-3-7-31-24(28)29)11-21(18)42-22(15)43(36,37)33-14-41(34,35)40-17-5-4-16(12-25)32-13-17/h4-5,10-11,13,33H,2-3,6-9,14H2,1H3,(H,34,35)(H4,26,27,30)(H4,28,29,31). The number of nitrogens with one attached hydrogen (secondary N) is 5. The summed E-state index contributed by atoms with van der Waals surface area (Å²) in [4.78, 5) is 14.0. The van der Waals surface area contributed by atoms with E-state index in [1.807, 2.05) is 6.07 Å². The van der Waals surface area contributed by atoms with Crippen molar-refractivity contribution >= 4 is 51.0 Å². The van der Waals surface area contributed by atoms with E-state index < -0.39 is 23.9 Å². The van der Waals surface area contributed by atoms with E-state index in [1.165, 1.54) is 12.1 Å². The number of ether oxygens (including phenoxy) is 2. The molecule has 16 nitrogen and oxygen atoms in total. The van der Waals surface area contributed by atoms with Gasteiger partial charge in [-0.1, -0.05) is 0 Å². The van der Waals surface area contributed by atoms with Crippen molar-refractivity contribution in [1.82, 2.24) is 20.3 Å². The molecule has 1 unspecified atom stereocenters. The highest BCUT2D eigenvalue weighted by molar-refractivity contribution is 7.92. The first-order chi connectivity index (χ1) is 20.3. The van der Waals surface area contributed by atoms with Crippen molar-refractivity contribution in [2.45, 2.75) is 24.0 Å². The summed E-state index contributed by atoms with van der Waals surface area (Å²) in [5.74, 6) is 0.332. The second-order valence-electron chi connectivity index (χ2n) is 8.92. The maximum atomic E-state index is 13.2. The van der Waals surface area contributed by atoms with Crippen LogP contribution in [0.15, 0.2) is 34.7 Å². The number of hydrogen-bond acceptors (Lipinski definition) is 11. The van der Waals surface area contributed by atoms with Gasteiger partial charge in [-0.15, -0.1) is 11.3 Å². The Morgan fingerprint density at radius 2 is 1.72 bits per heavy atom. The van der Waals surface area contributed by atoms with Crippen LogP contribution in [0.4, 0.5) is 0 Å². The predicted octanol–water partition coefficient (Wildman–Crippen LogP) is 1.48. The third-order valence-electron chi connectivity index (χ3n) is 5.54. The van der Waals surface area contributed by atoms with Crippen molar-refractivity contribution < 1.29 is 31.9 Å². The molecule has 2 aromatic heterocycles. The van der Waals surface area contributed by atoms with Gasteiger partial charge in [0.1, 0.15) is 28.0 Å². The zero-order valence-corrected chi connectivity index (χ0v) is 25.6. The molecule has 0 aliphatic rings. The van der Waals surface area contributed by atoms with Gasteiger partial charge in [0.05, 0.1) is 19.4 Å². The number of hydrogen-bond donors (Lipinski definition) is 8. The molecule has 1 atom stereocenters. The SMILES string of the molecule is Cc1c(S(=O)(=O)NCP(=O)(O)Oc2ccc(C#N)nc2)sc2cc(OCCCNC(=N)N)c(OCCCNC(=N)N)cc12. The lowest BCUT2D eigenvalue weighted by Crippen LogP contribution is -2.31. The monoisotopic (exact) mass is 653 g/mol. The highest BCUT2D eigenvalue weighted by Crippen LogP contribution is 2.43. The first-order valence-corrected chi connectivity index (χ1v) is 16.7. The Morgan fingerprint density at radius 1 is 1.12 bits per heavy atom. The molecule has 43 heavy (non-hydrogen) atoms.